The van der Waals surface area contributed by atoms with Crippen LogP contribution >= 0.6 is 0 Å². The van der Waals surface area contributed by atoms with Gasteiger partial charge in [-0.3, -0.25) is 9.59 Å². The highest BCUT2D eigenvalue weighted by molar-refractivity contribution is 5.71. The van der Waals surface area contributed by atoms with E-state index in [1.54, 1.807) is 0 Å². The smallest absolute Gasteiger partial charge is 0.308 e. The van der Waals surface area contributed by atoms with Gasteiger partial charge in [0.15, 0.2) is 0 Å². The van der Waals surface area contributed by atoms with Crippen molar-refractivity contribution in [3.63, 3.8) is 0 Å². The van der Waals surface area contributed by atoms with Crippen molar-refractivity contribution in [3.05, 3.63) is 24.3 Å². The third-order valence-electron chi connectivity index (χ3n) is 8.85. The van der Waals surface area contributed by atoms with Crippen LogP contribution in [0.5, 0.6) is 0 Å². The second-order valence-corrected chi connectivity index (χ2v) is 14.9. The van der Waals surface area contributed by atoms with E-state index in [1.807, 2.05) is 0 Å². The van der Waals surface area contributed by atoms with Gasteiger partial charge in [-0.25, -0.2) is 0 Å². The molecule has 0 aliphatic carbocycles. The maximum atomic E-state index is 12.6. The van der Waals surface area contributed by atoms with Crippen molar-refractivity contribution < 1.29 is 23.5 Å². The van der Waals surface area contributed by atoms with E-state index in [-0.39, 0.29) is 11.9 Å². The minimum Gasteiger partial charge on any atom is -0.425 e. The van der Waals surface area contributed by atoms with Gasteiger partial charge < -0.3 is 14.0 Å². The molecule has 0 amide bonds. The SMILES string of the molecule is CCCCCCCCC=CCCCCCCCC(=O)OC(CC[N+](C)(C)C)OC(=O)CCCCCCCC=CCCCCCCCC. The van der Waals surface area contributed by atoms with E-state index in [1.165, 1.54) is 116 Å². The highest BCUT2D eigenvalue weighted by Gasteiger charge is 2.22. The second-order valence-electron chi connectivity index (χ2n) is 14.9. The van der Waals surface area contributed by atoms with Crippen LogP contribution in [0.25, 0.3) is 0 Å². The molecule has 0 unspecified atom stereocenters. The molecule has 47 heavy (non-hydrogen) atoms. The molecule has 5 nitrogen and oxygen atoms in total. The Morgan fingerprint density at radius 2 is 0.766 bits per heavy atom. The number of esters is 2. The Hall–Kier alpha value is -1.62. The number of hydrogen-bond donors (Lipinski definition) is 0. The zero-order valence-corrected chi connectivity index (χ0v) is 32.2. The molecular formula is C42H80NO4+. The molecule has 0 saturated carbocycles. The first-order chi connectivity index (χ1) is 22.8. The topological polar surface area (TPSA) is 52.6 Å². The van der Waals surface area contributed by atoms with Crippen LogP contribution in [0.3, 0.4) is 0 Å². The molecule has 5 heteroatoms. The summed E-state index contributed by atoms with van der Waals surface area (Å²) in [7, 11) is 6.28. The molecule has 0 aromatic rings. The van der Waals surface area contributed by atoms with Crippen LogP contribution in [0, 0.1) is 0 Å². The summed E-state index contributed by atoms with van der Waals surface area (Å²) >= 11 is 0. The zero-order chi connectivity index (χ0) is 34.7. The fourth-order valence-corrected chi connectivity index (χ4v) is 5.73. The molecule has 0 aromatic heterocycles. The average Bonchev–Trinajstić information content (AvgIpc) is 3.03. The Morgan fingerprint density at radius 3 is 1.09 bits per heavy atom. The molecule has 0 atom stereocenters. The number of ether oxygens (including phenoxy) is 2. The monoisotopic (exact) mass is 663 g/mol. The number of carbonyl (C=O) groups is 2. The van der Waals surface area contributed by atoms with Crippen LogP contribution in [-0.2, 0) is 19.1 Å². The zero-order valence-electron chi connectivity index (χ0n) is 32.2. The van der Waals surface area contributed by atoms with Crippen molar-refractivity contribution in [2.45, 2.75) is 206 Å². The first-order valence-corrected chi connectivity index (χ1v) is 20.3. The van der Waals surface area contributed by atoms with Gasteiger partial charge in [0.25, 0.3) is 6.29 Å². The Morgan fingerprint density at radius 1 is 0.468 bits per heavy atom. The quantitative estimate of drug-likeness (QED) is 0.0223. The summed E-state index contributed by atoms with van der Waals surface area (Å²) in [6, 6.07) is 0. The molecule has 0 aromatic carbocycles. The van der Waals surface area contributed by atoms with E-state index in [0.29, 0.717) is 19.3 Å². The van der Waals surface area contributed by atoms with E-state index in [4.69, 9.17) is 9.47 Å². The van der Waals surface area contributed by atoms with Crippen molar-refractivity contribution in [3.8, 4) is 0 Å². The summed E-state index contributed by atoms with van der Waals surface area (Å²) in [4.78, 5) is 25.1. The van der Waals surface area contributed by atoms with Gasteiger partial charge in [0.2, 0.25) is 0 Å². The fourth-order valence-electron chi connectivity index (χ4n) is 5.73. The Bertz CT molecular complexity index is 700. The van der Waals surface area contributed by atoms with Crippen molar-refractivity contribution in [2.24, 2.45) is 0 Å². The Balaban J connectivity index is 3.99. The molecule has 0 heterocycles. The third-order valence-corrected chi connectivity index (χ3v) is 8.85. The lowest BCUT2D eigenvalue weighted by Gasteiger charge is -2.26. The summed E-state index contributed by atoms with van der Waals surface area (Å²) in [6.45, 7) is 5.30. The standard InChI is InChI=1S/C42H80NO4/c1-6-8-10-12-14-16-18-20-22-24-26-28-30-32-34-36-40(44)46-42(38-39-43(3,4)5)47-41(45)37-35-33-31-29-27-25-23-21-19-17-15-13-11-9-7-2/h20-23,42H,6-19,24-39H2,1-5H3/q+1. The van der Waals surface area contributed by atoms with Crippen LogP contribution in [0.15, 0.2) is 24.3 Å². The van der Waals surface area contributed by atoms with Crippen molar-refractivity contribution >= 4 is 11.9 Å². The largest absolute Gasteiger partial charge is 0.425 e. The van der Waals surface area contributed by atoms with Gasteiger partial charge in [-0.15, -0.1) is 0 Å². The van der Waals surface area contributed by atoms with Crippen LogP contribution in [0.2, 0.25) is 0 Å². The number of hydrogen-bond acceptors (Lipinski definition) is 4. The first kappa shape index (κ1) is 45.4. The number of carbonyl (C=O) groups excluding carboxylic acids is 2. The van der Waals surface area contributed by atoms with Crippen LogP contribution in [0.4, 0.5) is 0 Å². The lowest BCUT2D eigenvalue weighted by Crippen LogP contribution is -2.38. The van der Waals surface area contributed by atoms with E-state index in [0.717, 1.165) is 62.4 Å². The molecule has 0 spiro atoms. The van der Waals surface area contributed by atoms with Gasteiger partial charge in [0.05, 0.1) is 34.1 Å². The highest BCUT2D eigenvalue weighted by Crippen LogP contribution is 2.15. The predicted octanol–water partition coefficient (Wildman–Crippen LogP) is 12.6. The Labute approximate surface area is 293 Å². The fraction of sp³-hybridized carbons (Fsp3) is 0.857. The second kappa shape index (κ2) is 34.3. The first-order valence-electron chi connectivity index (χ1n) is 20.3. The van der Waals surface area contributed by atoms with Crippen LogP contribution < -0.4 is 0 Å². The van der Waals surface area contributed by atoms with E-state index >= 15 is 0 Å². The predicted molar refractivity (Wildman–Crippen MR) is 202 cm³/mol. The summed E-state index contributed by atoms with van der Waals surface area (Å²) in [6.07, 6.45) is 41.9. The number of nitrogens with zero attached hydrogens (tertiary/aromatic N) is 1. The van der Waals surface area contributed by atoms with Crippen molar-refractivity contribution in [1.29, 1.82) is 0 Å². The summed E-state index contributed by atoms with van der Waals surface area (Å²) in [5.74, 6) is -0.495. The van der Waals surface area contributed by atoms with Gasteiger partial charge in [0, 0.05) is 12.8 Å². The van der Waals surface area contributed by atoms with E-state index < -0.39 is 6.29 Å². The molecule has 0 N–H and O–H groups in total. The van der Waals surface area contributed by atoms with Crippen LogP contribution in [-0.4, -0.2) is 50.4 Å². The summed E-state index contributed by atoms with van der Waals surface area (Å²) in [5.41, 5.74) is 0. The maximum Gasteiger partial charge on any atom is 0.308 e. The number of unbranched alkanes of at least 4 members (excludes halogenated alkanes) is 22. The summed E-state index contributed by atoms with van der Waals surface area (Å²) < 4.78 is 12.0. The third kappa shape index (κ3) is 37.1. The Kier molecular flexibility index (Phi) is 33.1. The van der Waals surface area contributed by atoms with Crippen molar-refractivity contribution in [2.75, 3.05) is 27.7 Å². The highest BCUT2D eigenvalue weighted by atomic mass is 16.7. The van der Waals surface area contributed by atoms with Crippen LogP contribution in [0.1, 0.15) is 200 Å². The van der Waals surface area contributed by atoms with Crippen molar-refractivity contribution in [1.82, 2.24) is 0 Å². The van der Waals surface area contributed by atoms with Gasteiger partial charge in [-0.05, 0) is 64.2 Å². The van der Waals surface area contributed by atoms with Gasteiger partial charge in [-0.2, -0.15) is 0 Å². The molecule has 0 rings (SSSR count). The van der Waals surface area contributed by atoms with E-state index in [2.05, 4.69) is 59.3 Å². The molecular weight excluding hydrogens is 582 g/mol. The normalized spacial score (nSPS) is 12.7. The molecule has 0 radical (unpaired) electrons. The molecule has 0 saturated heterocycles. The van der Waals surface area contributed by atoms with Gasteiger partial charge >= 0.3 is 11.9 Å². The molecule has 0 bridgehead atoms. The van der Waals surface area contributed by atoms with E-state index in [9.17, 15) is 9.59 Å². The average molecular weight is 663 g/mol. The lowest BCUT2D eigenvalue weighted by atomic mass is 10.1. The van der Waals surface area contributed by atoms with Gasteiger partial charge in [-0.1, -0.05) is 141 Å². The lowest BCUT2D eigenvalue weighted by molar-refractivity contribution is -0.871. The maximum absolute atomic E-state index is 12.6. The molecule has 0 aliphatic rings. The summed E-state index contributed by atoms with van der Waals surface area (Å²) in [5, 5.41) is 0. The minimum absolute atomic E-state index is 0.247. The van der Waals surface area contributed by atoms with Gasteiger partial charge in [0.1, 0.15) is 0 Å². The minimum atomic E-state index is -0.779. The molecule has 0 aliphatic heterocycles. The molecule has 0 fully saturated rings. The number of quaternary nitrogens is 1. The number of rotatable bonds is 35. The molecule has 276 valence electrons. The number of allylic oxidation sites excluding steroid dienone is 4.